The molecular weight excluding hydrogens is 136 g/mol. The van der Waals surface area contributed by atoms with Gasteiger partial charge in [-0.05, 0) is 40.5 Å². The monoisotopic (exact) mass is 156 g/mol. The first kappa shape index (κ1) is 9.01. The Hall–Kier alpha value is -0.0800. The molecule has 0 radical (unpaired) electrons. The number of hydrogen-bond donors (Lipinski definition) is 0. The van der Waals surface area contributed by atoms with E-state index < -0.39 is 0 Å². The number of nitrogens with zero attached hydrogens (tertiary/aromatic N) is 2. The summed E-state index contributed by atoms with van der Waals surface area (Å²) in [6.45, 7) is 4.63. The first-order valence-corrected chi connectivity index (χ1v) is 4.47. The molecule has 0 heterocycles. The lowest BCUT2D eigenvalue weighted by atomic mass is 10.2. The van der Waals surface area contributed by atoms with Gasteiger partial charge in [0, 0.05) is 12.1 Å². The predicted octanol–water partition coefficient (Wildman–Crippen LogP) is 1.03. The fourth-order valence-electron chi connectivity index (χ4n) is 1.73. The van der Waals surface area contributed by atoms with Gasteiger partial charge in [-0.25, -0.2) is 0 Å². The molecule has 0 N–H and O–H groups in total. The van der Waals surface area contributed by atoms with E-state index in [1.54, 1.807) is 0 Å². The Balaban J connectivity index is 2.40. The fourth-order valence-corrected chi connectivity index (χ4v) is 1.73. The van der Waals surface area contributed by atoms with Crippen molar-refractivity contribution in [3.05, 3.63) is 0 Å². The molecule has 2 nitrogen and oxygen atoms in total. The molecule has 0 amide bonds. The summed E-state index contributed by atoms with van der Waals surface area (Å²) in [5.74, 6) is 0. The molecular formula is C9H20N2. The second kappa shape index (κ2) is 3.11. The molecule has 0 aromatic heterocycles. The molecule has 0 unspecified atom stereocenters. The van der Waals surface area contributed by atoms with Crippen molar-refractivity contribution in [1.82, 2.24) is 9.80 Å². The zero-order valence-electron chi connectivity index (χ0n) is 8.22. The molecule has 1 rings (SSSR count). The molecule has 0 aliphatic heterocycles. The van der Waals surface area contributed by atoms with E-state index in [0.29, 0.717) is 5.54 Å². The summed E-state index contributed by atoms with van der Waals surface area (Å²) in [5, 5.41) is 0. The van der Waals surface area contributed by atoms with Crippen LogP contribution in [0.2, 0.25) is 0 Å². The highest BCUT2D eigenvalue weighted by Gasteiger charge is 2.45. The smallest absolute Gasteiger partial charge is 0.0334 e. The molecule has 1 saturated carbocycles. The highest BCUT2D eigenvalue weighted by molar-refractivity contribution is 5.04. The van der Waals surface area contributed by atoms with Gasteiger partial charge in [0.05, 0.1) is 0 Å². The van der Waals surface area contributed by atoms with Crippen LogP contribution in [0.3, 0.4) is 0 Å². The topological polar surface area (TPSA) is 6.48 Å². The molecule has 2 heteroatoms. The lowest BCUT2D eigenvalue weighted by Gasteiger charge is -2.29. The van der Waals surface area contributed by atoms with Crippen LogP contribution in [0.5, 0.6) is 0 Å². The van der Waals surface area contributed by atoms with Crippen molar-refractivity contribution in [1.29, 1.82) is 0 Å². The van der Waals surface area contributed by atoms with E-state index in [2.05, 4.69) is 37.9 Å². The van der Waals surface area contributed by atoms with Gasteiger partial charge in [0.2, 0.25) is 0 Å². The summed E-state index contributed by atoms with van der Waals surface area (Å²) in [5.41, 5.74) is 0.540. The van der Waals surface area contributed by atoms with Gasteiger partial charge in [-0.2, -0.15) is 0 Å². The first-order valence-electron chi connectivity index (χ1n) is 4.47. The van der Waals surface area contributed by atoms with Crippen molar-refractivity contribution in [2.75, 3.05) is 34.2 Å². The van der Waals surface area contributed by atoms with E-state index >= 15 is 0 Å². The van der Waals surface area contributed by atoms with Crippen LogP contribution < -0.4 is 0 Å². The van der Waals surface area contributed by atoms with Crippen molar-refractivity contribution >= 4 is 0 Å². The average Bonchev–Trinajstić information content (AvgIpc) is 2.67. The molecule has 1 aliphatic rings. The van der Waals surface area contributed by atoms with E-state index in [9.17, 15) is 0 Å². The fraction of sp³-hybridized carbons (Fsp3) is 1.00. The minimum Gasteiger partial charge on any atom is -0.308 e. The Morgan fingerprint density at radius 2 is 1.73 bits per heavy atom. The molecule has 66 valence electrons. The average molecular weight is 156 g/mol. The molecule has 1 fully saturated rings. The zero-order chi connectivity index (χ0) is 8.48. The molecule has 0 aromatic carbocycles. The molecule has 11 heavy (non-hydrogen) atoms. The molecule has 0 aromatic rings. The molecule has 0 bridgehead atoms. The van der Waals surface area contributed by atoms with E-state index in [-0.39, 0.29) is 0 Å². The largest absolute Gasteiger partial charge is 0.308 e. The maximum atomic E-state index is 2.48. The first-order chi connectivity index (χ1) is 5.10. The van der Waals surface area contributed by atoms with Crippen molar-refractivity contribution in [2.45, 2.75) is 25.3 Å². The quantitative estimate of drug-likeness (QED) is 0.600. The predicted molar refractivity (Wildman–Crippen MR) is 48.8 cm³/mol. The second-order valence-electron chi connectivity index (χ2n) is 3.98. The summed E-state index contributed by atoms with van der Waals surface area (Å²) in [4.78, 5) is 4.77. The summed E-state index contributed by atoms with van der Waals surface area (Å²) in [6, 6.07) is 0. The minimum absolute atomic E-state index is 0.540. The highest BCUT2D eigenvalue weighted by atomic mass is 15.2. The van der Waals surface area contributed by atoms with Crippen molar-refractivity contribution in [2.24, 2.45) is 0 Å². The highest BCUT2D eigenvalue weighted by Crippen LogP contribution is 2.40. The zero-order valence-corrected chi connectivity index (χ0v) is 8.22. The maximum absolute atomic E-state index is 2.48. The van der Waals surface area contributed by atoms with Gasteiger partial charge in [-0.15, -0.1) is 0 Å². The number of rotatable bonds is 4. The minimum atomic E-state index is 0.540. The molecule has 1 aliphatic carbocycles. The van der Waals surface area contributed by atoms with Crippen LogP contribution in [0.1, 0.15) is 19.8 Å². The van der Waals surface area contributed by atoms with Crippen molar-refractivity contribution < 1.29 is 0 Å². The van der Waals surface area contributed by atoms with Gasteiger partial charge < -0.3 is 4.90 Å². The number of hydrogen-bond acceptors (Lipinski definition) is 2. The standard InChI is InChI=1S/C9H20N2/c1-5-11(4)9(6-7-9)8-10(2)3/h5-8H2,1-4H3. The van der Waals surface area contributed by atoms with Gasteiger partial charge in [-0.3, -0.25) is 4.90 Å². The van der Waals surface area contributed by atoms with Crippen LogP contribution in [-0.2, 0) is 0 Å². The van der Waals surface area contributed by atoms with Crippen LogP contribution >= 0.6 is 0 Å². The Bertz CT molecular complexity index is 128. The lowest BCUT2D eigenvalue weighted by Crippen LogP contribution is -2.41. The van der Waals surface area contributed by atoms with Gasteiger partial charge in [0.1, 0.15) is 0 Å². The second-order valence-corrected chi connectivity index (χ2v) is 3.98. The van der Waals surface area contributed by atoms with Crippen LogP contribution in [0.25, 0.3) is 0 Å². The normalized spacial score (nSPS) is 21.3. The van der Waals surface area contributed by atoms with Crippen molar-refractivity contribution in [3.8, 4) is 0 Å². The molecule has 0 atom stereocenters. The summed E-state index contributed by atoms with van der Waals surface area (Å²) in [6.07, 6.45) is 2.77. The summed E-state index contributed by atoms with van der Waals surface area (Å²) >= 11 is 0. The van der Waals surface area contributed by atoms with Crippen LogP contribution in [0.15, 0.2) is 0 Å². The SMILES string of the molecule is CCN(C)C1(CN(C)C)CC1. The Kier molecular flexibility index (Phi) is 2.55. The van der Waals surface area contributed by atoms with Gasteiger partial charge in [0.15, 0.2) is 0 Å². The summed E-state index contributed by atoms with van der Waals surface area (Å²) < 4.78 is 0. The maximum Gasteiger partial charge on any atom is 0.0334 e. The third-order valence-corrected chi connectivity index (χ3v) is 2.72. The van der Waals surface area contributed by atoms with Crippen LogP contribution in [-0.4, -0.2) is 49.6 Å². The third-order valence-electron chi connectivity index (χ3n) is 2.72. The van der Waals surface area contributed by atoms with Gasteiger partial charge in [-0.1, -0.05) is 6.92 Å². The van der Waals surface area contributed by atoms with E-state index in [4.69, 9.17) is 0 Å². The molecule has 0 spiro atoms. The van der Waals surface area contributed by atoms with Gasteiger partial charge in [0.25, 0.3) is 0 Å². The Morgan fingerprint density at radius 3 is 2.00 bits per heavy atom. The van der Waals surface area contributed by atoms with Crippen LogP contribution in [0, 0.1) is 0 Å². The van der Waals surface area contributed by atoms with Gasteiger partial charge >= 0.3 is 0 Å². The summed E-state index contributed by atoms with van der Waals surface area (Å²) in [7, 11) is 6.55. The third kappa shape index (κ3) is 1.94. The van der Waals surface area contributed by atoms with E-state index in [1.165, 1.54) is 25.9 Å². The van der Waals surface area contributed by atoms with E-state index in [1.807, 2.05) is 0 Å². The Morgan fingerprint density at radius 1 is 1.18 bits per heavy atom. The van der Waals surface area contributed by atoms with Crippen LogP contribution in [0.4, 0.5) is 0 Å². The Labute approximate surface area is 70.2 Å². The van der Waals surface area contributed by atoms with Crippen molar-refractivity contribution in [3.63, 3.8) is 0 Å². The van der Waals surface area contributed by atoms with E-state index in [0.717, 1.165) is 0 Å². The molecule has 0 saturated heterocycles. The number of likely N-dealkylation sites (N-methyl/N-ethyl adjacent to an activating group) is 2. The lowest BCUT2D eigenvalue weighted by molar-refractivity contribution is 0.183.